The highest BCUT2D eigenvalue weighted by atomic mass is 16.4. The highest BCUT2D eigenvalue weighted by Gasteiger charge is 1.96. The summed E-state index contributed by atoms with van der Waals surface area (Å²) in [5.41, 5.74) is 0. The Balaban J connectivity index is 0. The molecule has 176 valence electrons. The van der Waals surface area contributed by atoms with E-state index in [0.717, 1.165) is 25.7 Å². The first-order valence-electron chi connectivity index (χ1n) is 12.2. The Hall–Kier alpha value is -1.58. The lowest BCUT2D eigenvalue weighted by molar-refractivity contribution is -0.138. The van der Waals surface area contributed by atoms with Crippen LogP contribution in [0.4, 0.5) is 0 Å². The molecule has 0 spiro atoms. The largest absolute Gasteiger partial charge is 0.481 e. The number of hydrogen-bond donors (Lipinski definition) is 2. The van der Waals surface area contributed by atoms with Gasteiger partial charge in [0.1, 0.15) is 0 Å². The summed E-state index contributed by atoms with van der Waals surface area (Å²) in [4.78, 5) is 20.5. The molecule has 30 heavy (non-hydrogen) atoms. The third-order valence-electron chi connectivity index (χ3n) is 4.88. The maximum Gasteiger partial charge on any atom is 0.303 e. The number of carboxylic acids is 2. The number of carbonyl (C=O) groups is 2. The predicted molar refractivity (Wildman–Crippen MR) is 128 cm³/mol. The Morgan fingerprint density at radius 3 is 1.33 bits per heavy atom. The molecule has 4 nitrogen and oxygen atoms in total. The molecule has 4 heteroatoms. The van der Waals surface area contributed by atoms with E-state index < -0.39 is 11.9 Å². The van der Waals surface area contributed by atoms with Crippen LogP contribution in [0, 0.1) is 0 Å². The van der Waals surface area contributed by atoms with Crippen molar-refractivity contribution in [3.63, 3.8) is 0 Å². The van der Waals surface area contributed by atoms with Gasteiger partial charge < -0.3 is 10.2 Å². The van der Waals surface area contributed by atoms with Crippen LogP contribution in [0.25, 0.3) is 0 Å². The van der Waals surface area contributed by atoms with Gasteiger partial charge in [-0.15, -0.1) is 0 Å². The molecule has 0 saturated heterocycles. The average Bonchev–Trinajstić information content (AvgIpc) is 2.71. The van der Waals surface area contributed by atoms with Crippen molar-refractivity contribution in [1.29, 1.82) is 0 Å². The predicted octanol–water partition coefficient (Wildman–Crippen LogP) is 8.32. The van der Waals surface area contributed by atoms with Crippen LogP contribution in [-0.2, 0) is 9.59 Å². The minimum atomic E-state index is -0.668. The van der Waals surface area contributed by atoms with E-state index in [9.17, 15) is 9.59 Å². The average molecular weight is 425 g/mol. The van der Waals surface area contributed by atoms with Gasteiger partial charge in [-0.05, 0) is 51.9 Å². The Morgan fingerprint density at radius 2 is 0.933 bits per heavy atom. The molecule has 0 aromatic carbocycles. The fourth-order valence-corrected chi connectivity index (χ4v) is 3.06. The summed E-state index contributed by atoms with van der Waals surface area (Å²) in [5.74, 6) is -1.33. The molecule has 0 rings (SSSR count). The fourth-order valence-electron chi connectivity index (χ4n) is 3.06. The molecular formula is C26H48O4. The van der Waals surface area contributed by atoms with Crippen molar-refractivity contribution in [3.05, 3.63) is 24.3 Å². The summed E-state index contributed by atoms with van der Waals surface area (Å²) in [6.07, 6.45) is 28.1. The first-order chi connectivity index (χ1) is 14.5. The van der Waals surface area contributed by atoms with E-state index in [1.165, 1.54) is 77.0 Å². The first-order valence-corrected chi connectivity index (χ1v) is 12.2. The Labute approximate surface area is 185 Å². The molecule has 2 N–H and O–H groups in total. The molecule has 0 aromatic rings. The fraction of sp³-hybridized carbons (Fsp3) is 0.769. The van der Waals surface area contributed by atoms with E-state index in [1.807, 2.05) is 6.92 Å². The zero-order valence-corrected chi connectivity index (χ0v) is 19.7. The van der Waals surface area contributed by atoms with Crippen molar-refractivity contribution in [2.45, 2.75) is 129 Å². The minimum absolute atomic E-state index is 0.332. The van der Waals surface area contributed by atoms with Crippen molar-refractivity contribution in [1.82, 2.24) is 0 Å². The summed E-state index contributed by atoms with van der Waals surface area (Å²) in [6.45, 7) is 4.24. The maximum atomic E-state index is 10.3. The lowest BCUT2D eigenvalue weighted by Gasteiger charge is -1.99. The highest BCUT2D eigenvalue weighted by molar-refractivity contribution is 5.66. The topological polar surface area (TPSA) is 74.6 Å². The zero-order valence-electron chi connectivity index (χ0n) is 19.7. The van der Waals surface area contributed by atoms with Gasteiger partial charge in [0.15, 0.2) is 0 Å². The van der Waals surface area contributed by atoms with E-state index in [2.05, 4.69) is 31.2 Å². The molecule has 0 fully saturated rings. The van der Waals surface area contributed by atoms with Gasteiger partial charge in [0, 0.05) is 12.8 Å². The number of allylic oxidation sites excluding steroid dienone is 4. The Bertz CT molecular complexity index is 427. The van der Waals surface area contributed by atoms with Crippen molar-refractivity contribution >= 4 is 11.9 Å². The van der Waals surface area contributed by atoms with Crippen molar-refractivity contribution < 1.29 is 19.8 Å². The second-order valence-corrected chi connectivity index (χ2v) is 7.94. The third-order valence-corrected chi connectivity index (χ3v) is 4.88. The van der Waals surface area contributed by atoms with E-state index in [0.29, 0.717) is 12.8 Å². The maximum absolute atomic E-state index is 10.3. The summed E-state index contributed by atoms with van der Waals surface area (Å²) < 4.78 is 0. The van der Waals surface area contributed by atoms with E-state index in [4.69, 9.17) is 10.2 Å². The molecule has 0 aliphatic carbocycles. The quantitative estimate of drug-likeness (QED) is 0.152. The lowest BCUT2D eigenvalue weighted by atomic mass is 10.1. The van der Waals surface area contributed by atoms with Crippen molar-refractivity contribution in [3.8, 4) is 0 Å². The van der Waals surface area contributed by atoms with Crippen molar-refractivity contribution in [2.75, 3.05) is 0 Å². The molecule has 0 aliphatic heterocycles. The van der Waals surface area contributed by atoms with Gasteiger partial charge in [-0.3, -0.25) is 9.59 Å². The van der Waals surface area contributed by atoms with Gasteiger partial charge in [0.25, 0.3) is 0 Å². The van der Waals surface area contributed by atoms with E-state index in [1.54, 1.807) is 0 Å². The van der Waals surface area contributed by atoms with Crippen LogP contribution >= 0.6 is 0 Å². The number of hydrogen-bond acceptors (Lipinski definition) is 2. The molecule has 0 atom stereocenters. The number of carboxylic acid groups (broad SMARTS) is 2. The molecule has 0 aromatic heterocycles. The normalized spacial score (nSPS) is 11.0. The zero-order chi connectivity index (χ0) is 22.7. The highest BCUT2D eigenvalue weighted by Crippen LogP contribution is 2.10. The van der Waals surface area contributed by atoms with E-state index >= 15 is 0 Å². The second-order valence-electron chi connectivity index (χ2n) is 7.94. The second kappa shape index (κ2) is 27.4. The van der Waals surface area contributed by atoms with Gasteiger partial charge >= 0.3 is 11.9 Å². The van der Waals surface area contributed by atoms with Crippen LogP contribution in [0.15, 0.2) is 24.3 Å². The lowest BCUT2D eigenvalue weighted by Crippen LogP contribution is -1.93. The van der Waals surface area contributed by atoms with E-state index in [-0.39, 0.29) is 0 Å². The van der Waals surface area contributed by atoms with Gasteiger partial charge in [-0.2, -0.15) is 0 Å². The molecule has 0 unspecified atom stereocenters. The third kappa shape index (κ3) is 34.0. The van der Waals surface area contributed by atoms with Crippen LogP contribution in [0.5, 0.6) is 0 Å². The molecule has 0 bridgehead atoms. The molecule has 0 aliphatic rings. The smallest absolute Gasteiger partial charge is 0.303 e. The van der Waals surface area contributed by atoms with Crippen LogP contribution in [0.2, 0.25) is 0 Å². The molecule has 0 radical (unpaired) electrons. The Kier molecular flexibility index (Phi) is 28.0. The first kappa shape index (κ1) is 30.6. The number of aliphatic carboxylic acids is 2. The number of rotatable bonds is 20. The summed E-state index contributed by atoms with van der Waals surface area (Å²) in [5, 5.41) is 16.9. The van der Waals surface area contributed by atoms with Crippen LogP contribution < -0.4 is 0 Å². The summed E-state index contributed by atoms with van der Waals surface area (Å²) in [7, 11) is 0. The van der Waals surface area contributed by atoms with Crippen LogP contribution in [-0.4, -0.2) is 22.2 Å². The standard InChI is InChI=1S/C14H26O2.C12H22O2/c1-2-3-4-5-6-7-8-9-10-11-12-13-14(15)16;1-2-3-4-5-6-7-8-9-10-11-12(13)14/h4-5H,2-3,6-13H2,1H3,(H,15,16);2-3H,4-11H2,1H3,(H,13,14)/b5-4+;. The van der Waals surface area contributed by atoms with Crippen LogP contribution in [0.1, 0.15) is 129 Å². The molecular weight excluding hydrogens is 376 g/mol. The SMILES string of the molecule is CC=CCCCCCCCCC(=O)O.CCC/C=C/CCCCCCCCC(=O)O. The van der Waals surface area contributed by atoms with Crippen molar-refractivity contribution in [2.24, 2.45) is 0 Å². The van der Waals surface area contributed by atoms with Gasteiger partial charge in [0.05, 0.1) is 0 Å². The number of unbranched alkanes of at least 4 members (excludes halogenated alkanes) is 13. The summed E-state index contributed by atoms with van der Waals surface area (Å²) >= 11 is 0. The van der Waals surface area contributed by atoms with Gasteiger partial charge in [0.2, 0.25) is 0 Å². The molecule has 0 amide bonds. The molecule has 0 saturated carbocycles. The molecule has 0 heterocycles. The van der Waals surface area contributed by atoms with Crippen LogP contribution in [0.3, 0.4) is 0 Å². The van der Waals surface area contributed by atoms with Gasteiger partial charge in [-0.25, -0.2) is 0 Å². The summed E-state index contributed by atoms with van der Waals surface area (Å²) in [6, 6.07) is 0. The monoisotopic (exact) mass is 424 g/mol. The Morgan fingerprint density at radius 1 is 0.567 bits per heavy atom. The minimum Gasteiger partial charge on any atom is -0.481 e. The van der Waals surface area contributed by atoms with Gasteiger partial charge in [-0.1, -0.05) is 89.0 Å².